The second-order valence-electron chi connectivity index (χ2n) is 6.83. The molecule has 1 N–H and O–H groups in total. The smallest absolute Gasteiger partial charge is 0.0638 e. The molecule has 2 atom stereocenters. The molecule has 108 valence electrons. The van der Waals surface area contributed by atoms with Gasteiger partial charge in [0.05, 0.1) is 11.7 Å². The molecule has 1 aromatic rings. The van der Waals surface area contributed by atoms with Crippen LogP contribution in [0.3, 0.4) is 0 Å². The second-order valence-corrected chi connectivity index (χ2v) is 6.83. The van der Waals surface area contributed by atoms with Gasteiger partial charge in [0.25, 0.3) is 0 Å². The van der Waals surface area contributed by atoms with Gasteiger partial charge in [0.2, 0.25) is 0 Å². The van der Waals surface area contributed by atoms with Crippen LogP contribution in [0.4, 0.5) is 0 Å². The first-order valence-electron chi connectivity index (χ1n) is 7.73. The highest BCUT2D eigenvalue weighted by atomic mass is 15.3. The molecule has 2 rings (SSSR count). The maximum Gasteiger partial charge on any atom is 0.0638 e. The van der Waals surface area contributed by atoms with Crippen molar-refractivity contribution in [2.45, 2.75) is 72.5 Å². The van der Waals surface area contributed by atoms with E-state index < -0.39 is 0 Å². The lowest BCUT2D eigenvalue weighted by Crippen LogP contribution is -2.23. The van der Waals surface area contributed by atoms with E-state index in [0.717, 1.165) is 18.4 Å². The van der Waals surface area contributed by atoms with Crippen LogP contribution in [0.5, 0.6) is 0 Å². The number of aryl methyl sites for hydroxylation is 1. The van der Waals surface area contributed by atoms with Gasteiger partial charge in [0, 0.05) is 24.3 Å². The van der Waals surface area contributed by atoms with Crippen molar-refractivity contribution in [2.24, 2.45) is 11.8 Å². The summed E-state index contributed by atoms with van der Waals surface area (Å²) in [4.78, 5) is 0. The van der Waals surface area contributed by atoms with Crippen LogP contribution in [0, 0.1) is 18.8 Å². The Hall–Kier alpha value is -0.830. The minimum Gasteiger partial charge on any atom is -0.310 e. The zero-order chi connectivity index (χ0) is 14.0. The normalized spacial score (nSPS) is 28.0. The SMILES string of the molecule is Cc1nn(C2CC(C)CC(C)C2)cc1CNC(C)C. The molecule has 1 aromatic heterocycles. The molecule has 1 aliphatic carbocycles. The quantitative estimate of drug-likeness (QED) is 0.898. The van der Waals surface area contributed by atoms with Gasteiger partial charge in [-0.1, -0.05) is 27.7 Å². The molecule has 0 bridgehead atoms. The summed E-state index contributed by atoms with van der Waals surface area (Å²) in [6.45, 7) is 12.2. The van der Waals surface area contributed by atoms with Crippen LogP contribution in [0.25, 0.3) is 0 Å². The lowest BCUT2D eigenvalue weighted by molar-refractivity contribution is 0.209. The van der Waals surface area contributed by atoms with Crippen LogP contribution >= 0.6 is 0 Å². The van der Waals surface area contributed by atoms with E-state index in [-0.39, 0.29) is 0 Å². The summed E-state index contributed by atoms with van der Waals surface area (Å²) in [6.07, 6.45) is 6.20. The van der Waals surface area contributed by atoms with Gasteiger partial charge in [0.15, 0.2) is 0 Å². The summed E-state index contributed by atoms with van der Waals surface area (Å²) in [7, 11) is 0. The third-order valence-electron chi connectivity index (χ3n) is 4.25. The van der Waals surface area contributed by atoms with Crippen LogP contribution in [0.15, 0.2) is 6.20 Å². The molecule has 3 nitrogen and oxygen atoms in total. The Balaban J connectivity index is 2.06. The first-order chi connectivity index (χ1) is 8.95. The van der Waals surface area contributed by atoms with Gasteiger partial charge in [0.1, 0.15) is 0 Å². The molecule has 0 aromatic carbocycles. The molecular weight excluding hydrogens is 234 g/mol. The van der Waals surface area contributed by atoms with Crippen molar-refractivity contribution in [2.75, 3.05) is 0 Å². The second kappa shape index (κ2) is 6.08. The third kappa shape index (κ3) is 3.82. The van der Waals surface area contributed by atoms with Crippen molar-refractivity contribution in [3.8, 4) is 0 Å². The van der Waals surface area contributed by atoms with Gasteiger partial charge >= 0.3 is 0 Å². The van der Waals surface area contributed by atoms with Crippen molar-refractivity contribution in [1.82, 2.24) is 15.1 Å². The van der Waals surface area contributed by atoms with Crippen LogP contribution in [0.2, 0.25) is 0 Å². The molecule has 1 saturated carbocycles. The zero-order valence-electron chi connectivity index (χ0n) is 13.1. The Morgan fingerprint density at radius 3 is 2.47 bits per heavy atom. The molecule has 0 aliphatic heterocycles. The van der Waals surface area contributed by atoms with Gasteiger partial charge in [-0.05, 0) is 38.0 Å². The van der Waals surface area contributed by atoms with Crippen molar-refractivity contribution in [1.29, 1.82) is 0 Å². The maximum atomic E-state index is 4.76. The highest BCUT2D eigenvalue weighted by Crippen LogP contribution is 2.35. The summed E-state index contributed by atoms with van der Waals surface area (Å²) in [5.74, 6) is 1.66. The molecule has 19 heavy (non-hydrogen) atoms. The highest BCUT2D eigenvalue weighted by Gasteiger charge is 2.26. The zero-order valence-corrected chi connectivity index (χ0v) is 13.1. The molecule has 3 heteroatoms. The van der Waals surface area contributed by atoms with Gasteiger partial charge in [-0.15, -0.1) is 0 Å². The van der Waals surface area contributed by atoms with E-state index in [1.54, 1.807) is 0 Å². The average Bonchev–Trinajstić information content (AvgIpc) is 2.67. The van der Waals surface area contributed by atoms with Gasteiger partial charge < -0.3 is 5.32 Å². The number of aromatic nitrogens is 2. The summed E-state index contributed by atoms with van der Waals surface area (Å²) in [5, 5.41) is 8.24. The molecule has 0 saturated heterocycles. The van der Waals surface area contributed by atoms with Crippen molar-refractivity contribution >= 4 is 0 Å². The number of hydrogen-bond acceptors (Lipinski definition) is 2. The fourth-order valence-corrected chi connectivity index (χ4v) is 3.31. The first kappa shape index (κ1) is 14.6. The van der Waals surface area contributed by atoms with E-state index in [1.807, 2.05) is 0 Å². The highest BCUT2D eigenvalue weighted by molar-refractivity contribution is 5.15. The summed E-state index contributed by atoms with van der Waals surface area (Å²) in [6, 6.07) is 1.13. The number of nitrogens with one attached hydrogen (secondary N) is 1. The van der Waals surface area contributed by atoms with Crippen LogP contribution in [-0.4, -0.2) is 15.8 Å². The van der Waals surface area contributed by atoms with Crippen molar-refractivity contribution in [3.63, 3.8) is 0 Å². The molecule has 2 unspecified atom stereocenters. The van der Waals surface area contributed by atoms with Crippen LogP contribution < -0.4 is 5.32 Å². The third-order valence-corrected chi connectivity index (χ3v) is 4.25. The van der Waals surface area contributed by atoms with Crippen LogP contribution in [-0.2, 0) is 6.54 Å². The minimum absolute atomic E-state index is 0.525. The van der Waals surface area contributed by atoms with Gasteiger partial charge in [-0.25, -0.2) is 0 Å². The fourth-order valence-electron chi connectivity index (χ4n) is 3.31. The number of rotatable bonds is 4. The van der Waals surface area contributed by atoms with E-state index in [1.165, 1.54) is 30.5 Å². The van der Waals surface area contributed by atoms with E-state index in [9.17, 15) is 0 Å². The molecule has 0 radical (unpaired) electrons. The number of hydrogen-bond donors (Lipinski definition) is 1. The molecule has 0 amide bonds. The van der Waals surface area contributed by atoms with Gasteiger partial charge in [-0.3, -0.25) is 4.68 Å². The van der Waals surface area contributed by atoms with Crippen molar-refractivity contribution in [3.05, 3.63) is 17.5 Å². The van der Waals surface area contributed by atoms with E-state index in [2.05, 4.69) is 50.8 Å². The lowest BCUT2D eigenvalue weighted by atomic mass is 9.80. The largest absolute Gasteiger partial charge is 0.310 e. The van der Waals surface area contributed by atoms with E-state index in [0.29, 0.717) is 12.1 Å². The topological polar surface area (TPSA) is 29.9 Å². The Morgan fingerprint density at radius 1 is 1.26 bits per heavy atom. The van der Waals surface area contributed by atoms with E-state index in [4.69, 9.17) is 5.10 Å². The number of nitrogens with zero attached hydrogens (tertiary/aromatic N) is 2. The first-order valence-corrected chi connectivity index (χ1v) is 7.73. The summed E-state index contributed by atoms with van der Waals surface area (Å²) in [5.41, 5.74) is 2.53. The Kier molecular flexibility index (Phi) is 4.67. The van der Waals surface area contributed by atoms with Crippen molar-refractivity contribution < 1.29 is 0 Å². The van der Waals surface area contributed by atoms with Crippen LogP contribution in [0.1, 0.15) is 64.3 Å². The lowest BCUT2D eigenvalue weighted by Gasteiger charge is -2.31. The Bertz CT molecular complexity index is 398. The summed E-state index contributed by atoms with van der Waals surface area (Å²) >= 11 is 0. The molecule has 1 heterocycles. The fraction of sp³-hybridized carbons (Fsp3) is 0.812. The standard InChI is InChI=1S/C16H29N3/c1-11(2)17-9-15-10-19(18-14(15)5)16-7-12(3)6-13(4)8-16/h10-13,16-17H,6-9H2,1-5H3. The summed E-state index contributed by atoms with van der Waals surface area (Å²) < 4.78 is 2.23. The maximum absolute atomic E-state index is 4.76. The molecular formula is C16H29N3. The predicted molar refractivity (Wildman–Crippen MR) is 80.2 cm³/mol. The molecule has 1 aliphatic rings. The van der Waals surface area contributed by atoms with Gasteiger partial charge in [-0.2, -0.15) is 5.10 Å². The van der Waals surface area contributed by atoms with E-state index >= 15 is 0 Å². The molecule has 1 fully saturated rings. The monoisotopic (exact) mass is 263 g/mol. The molecule has 0 spiro atoms. The minimum atomic E-state index is 0.525. The average molecular weight is 263 g/mol. The Morgan fingerprint density at radius 2 is 1.89 bits per heavy atom. The Labute approximate surface area is 117 Å². The predicted octanol–water partition coefficient (Wildman–Crippen LogP) is 3.69.